The van der Waals surface area contributed by atoms with Crippen LogP contribution in [-0.4, -0.2) is 52.5 Å². The summed E-state index contributed by atoms with van der Waals surface area (Å²) in [5.74, 6) is 0.847. The van der Waals surface area contributed by atoms with E-state index in [1.54, 1.807) is 18.6 Å². The maximum Gasteiger partial charge on any atom is 0.415 e. The van der Waals surface area contributed by atoms with Gasteiger partial charge < -0.3 is 15.0 Å². The number of H-pyrrole nitrogens is 1. The van der Waals surface area contributed by atoms with E-state index in [9.17, 15) is 4.39 Å². The molecule has 0 radical (unpaired) electrons. The molecule has 0 atom stereocenters. The summed E-state index contributed by atoms with van der Waals surface area (Å²) in [5, 5.41) is 7.50. The van der Waals surface area contributed by atoms with Gasteiger partial charge in [-0.25, -0.2) is 15.0 Å². The van der Waals surface area contributed by atoms with Gasteiger partial charge in [0.1, 0.15) is 6.20 Å². The Hall–Kier alpha value is -4.51. The molecule has 11 heteroatoms. The van der Waals surface area contributed by atoms with Gasteiger partial charge in [0.15, 0.2) is 5.82 Å². The third kappa shape index (κ3) is 5.76. The molecule has 5 rings (SSSR count). The highest BCUT2D eigenvalue weighted by molar-refractivity contribution is 5.78. The zero-order chi connectivity index (χ0) is 24.7. The van der Waals surface area contributed by atoms with Crippen LogP contribution in [0.4, 0.5) is 27.5 Å². The minimum absolute atomic E-state index is 0.265. The normalized spacial score (nSPS) is 13.7. The molecule has 3 N–H and O–H groups in total. The lowest BCUT2D eigenvalue weighted by molar-refractivity contribution is -0.367. The SMILES string of the molecule is Cc1ccnc(-c2cccc(Nc3ccc(/C=N/Nc4nc(N5CCOCC5)c(F)c[nH+]4)nc3)c2)n1. The second-order valence-corrected chi connectivity index (χ2v) is 8.09. The summed E-state index contributed by atoms with van der Waals surface area (Å²) >= 11 is 0. The molecule has 0 unspecified atom stereocenters. The van der Waals surface area contributed by atoms with Crippen molar-refractivity contribution >= 4 is 29.4 Å². The first-order valence-corrected chi connectivity index (χ1v) is 11.5. The Morgan fingerprint density at radius 2 is 1.97 bits per heavy atom. The smallest absolute Gasteiger partial charge is 0.378 e. The van der Waals surface area contributed by atoms with Crippen LogP contribution in [0.1, 0.15) is 11.4 Å². The van der Waals surface area contributed by atoms with Crippen LogP contribution in [0.25, 0.3) is 11.4 Å². The first-order valence-electron chi connectivity index (χ1n) is 11.5. The Kier molecular flexibility index (Phi) is 6.99. The van der Waals surface area contributed by atoms with Crippen molar-refractivity contribution < 1.29 is 14.1 Å². The lowest BCUT2D eigenvalue weighted by atomic mass is 10.2. The molecule has 10 nitrogen and oxygen atoms in total. The summed E-state index contributed by atoms with van der Waals surface area (Å²) in [7, 11) is 0. The first-order chi connectivity index (χ1) is 17.6. The molecule has 0 saturated carbocycles. The number of benzene rings is 1. The number of rotatable bonds is 7. The number of ether oxygens (including phenoxy) is 1. The van der Waals surface area contributed by atoms with Crippen molar-refractivity contribution in [1.29, 1.82) is 0 Å². The van der Waals surface area contributed by atoms with Gasteiger partial charge in [-0.05, 0) is 42.2 Å². The predicted octanol–water partition coefficient (Wildman–Crippen LogP) is 3.22. The molecule has 182 valence electrons. The molecule has 0 amide bonds. The molecule has 1 saturated heterocycles. The number of aromatic amines is 1. The molecule has 4 heterocycles. The fourth-order valence-corrected chi connectivity index (χ4v) is 3.65. The molecule has 1 fully saturated rings. The topological polar surface area (TPSA) is 115 Å². The van der Waals surface area contributed by atoms with Crippen LogP contribution in [0.2, 0.25) is 0 Å². The number of morpholine rings is 1. The average molecular weight is 487 g/mol. The van der Waals surface area contributed by atoms with Crippen LogP contribution < -0.4 is 20.6 Å². The van der Waals surface area contributed by atoms with Crippen molar-refractivity contribution in [2.45, 2.75) is 6.92 Å². The zero-order valence-corrected chi connectivity index (χ0v) is 19.6. The molecule has 1 aromatic carbocycles. The minimum Gasteiger partial charge on any atom is -0.378 e. The highest BCUT2D eigenvalue weighted by atomic mass is 19.1. The van der Waals surface area contributed by atoms with E-state index >= 15 is 0 Å². The third-order valence-electron chi connectivity index (χ3n) is 5.44. The van der Waals surface area contributed by atoms with Gasteiger partial charge in [0.05, 0.1) is 37.0 Å². The van der Waals surface area contributed by atoms with Crippen molar-refractivity contribution in [3.63, 3.8) is 0 Å². The molecule has 3 aromatic heterocycles. The molecule has 4 aromatic rings. The number of nitrogens with one attached hydrogen (secondary N) is 3. The van der Waals surface area contributed by atoms with Gasteiger partial charge in [-0.15, -0.1) is 5.10 Å². The number of nitrogens with zero attached hydrogens (tertiary/aromatic N) is 6. The fourth-order valence-electron chi connectivity index (χ4n) is 3.65. The van der Waals surface area contributed by atoms with Crippen molar-refractivity contribution in [3.05, 3.63) is 78.3 Å². The highest BCUT2D eigenvalue weighted by Crippen LogP contribution is 2.22. The van der Waals surface area contributed by atoms with Crippen molar-refractivity contribution in [2.24, 2.45) is 5.10 Å². The van der Waals surface area contributed by atoms with Crippen molar-refractivity contribution in [1.82, 2.24) is 19.9 Å². The lowest BCUT2D eigenvalue weighted by Gasteiger charge is -2.25. The Morgan fingerprint density at radius 1 is 1.08 bits per heavy atom. The van der Waals surface area contributed by atoms with Crippen LogP contribution in [0, 0.1) is 12.7 Å². The predicted molar refractivity (Wildman–Crippen MR) is 135 cm³/mol. The number of hydrogen-bond acceptors (Lipinski definition) is 9. The van der Waals surface area contributed by atoms with E-state index in [4.69, 9.17) is 4.74 Å². The van der Waals surface area contributed by atoms with E-state index in [1.165, 1.54) is 6.20 Å². The standard InChI is InChI=1S/C25H24FN9O/c1-17-7-8-27-23(31-17)18-3-2-4-19(13-18)32-21-6-5-20(28-14-21)15-30-34-25-29-16-22(26)24(33-25)35-9-11-36-12-10-35/h2-8,13-16,32H,9-12H2,1H3,(H,29,33,34)/p+1/b30-15+. The number of hydrazone groups is 1. The summed E-state index contributed by atoms with van der Waals surface area (Å²) in [5.41, 5.74) is 7.00. The van der Waals surface area contributed by atoms with Gasteiger partial charge in [0.25, 0.3) is 0 Å². The number of halogens is 1. The number of hydrogen-bond donors (Lipinski definition) is 2. The monoisotopic (exact) mass is 486 g/mol. The number of anilines is 4. The summed E-state index contributed by atoms with van der Waals surface area (Å²) < 4.78 is 19.5. The van der Waals surface area contributed by atoms with Crippen LogP contribution in [0.5, 0.6) is 0 Å². The Bertz CT molecular complexity index is 1360. The van der Waals surface area contributed by atoms with Crippen molar-refractivity contribution in [2.75, 3.05) is 41.9 Å². The molecule has 1 aliphatic heterocycles. The maximum absolute atomic E-state index is 14.2. The van der Waals surface area contributed by atoms with Gasteiger partial charge in [-0.2, -0.15) is 9.82 Å². The largest absolute Gasteiger partial charge is 0.415 e. The van der Waals surface area contributed by atoms with E-state index in [2.05, 4.69) is 40.8 Å². The quantitative estimate of drug-likeness (QED) is 0.302. The molecule has 36 heavy (non-hydrogen) atoms. The van der Waals surface area contributed by atoms with Crippen LogP contribution >= 0.6 is 0 Å². The molecule has 0 aliphatic carbocycles. The Morgan fingerprint density at radius 3 is 2.78 bits per heavy atom. The Labute approximate surface area is 207 Å². The number of pyridine rings is 1. The van der Waals surface area contributed by atoms with E-state index in [1.807, 2.05) is 54.3 Å². The van der Waals surface area contributed by atoms with Gasteiger partial charge in [0, 0.05) is 36.2 Å². The summed E-state index contributed by atoms with van der Waals surface area (Å²) in [4.78, 5) is 22.1. The van der Waals surface area contributed by atoms with E-state index in [0.717, 1.165) is 22.6 Å². The summed E-state index contributed by atoms with van der Waals surface area (Å²) in [6, 6.07) is 13.5. The van der Waals surface area contributed by atoms with Gasteiger partial charge in [-0.1, -0.05) is 12.1 Å². The molecule has 0 spiro atoms. The van der Waals surface area contributed by atoms with Crippen LogP contribution in [0.15, 0.2) is 66.2 Å². The third-order valence-corrected chi connectivity index (χ3v) is 5.44. The minimum atomic E-state index is -0.423. The van der Waals surface area contributed by atoms with E-state index in [-0.39, 0.29) is 5.82 Å². The Balaban J connectivity index is 1.21. The molecule has 1 aliphatic rings. The van der Waals surface area contributed by atoms with Gasteiger partial charge in [-0.3, -0.25) is 4.98 Å². The fraction of sp³-hybridized carbons (Fsp3) is 0.200. The summed E-state index contributed by atoms with van der Waals surface area (Å²) in [6.07, 6.45) is 6.29. The second-order valence-electron chi connectivity index (χ2n) is 8.09. The maximum atomic E-state index is 14.2. The van der Waals surface area contributed by atoms with E-state index in [0.29, 0.717) is 43.8 Å². The second kappa shape index (κ2) is 10.8. The highest BCUT2D eigenvalue weighted by Gasteiger charge is 2.22. The van der Waals surface area contributed by atoms with E-state index < -0.39 is 5.82 Å². The molecule has 0 bridgehead atoms. The van der Waals surface area contributed by atoms with Crippen molar-refractivity contribution in [3.8, 4) is 11.4 Å². The summed E-state index contributed by atoms with van der Waals surface area (Å²) in [6.45, 7) is 4.21. The zero-order valence-electron chi connectivity index (χ0n) is 19.6. The van der Waals surface area contributed by atoms with Crippen LogP contribution in [0.3, 0.4) is 0 Å². The lowest BCUT2D eigenvalue weighted by Crippen LogP contribution is -2.38. The average Bonchev–Trinajstić information content (AvgIpc) is 2.91. The van der Waals surface area contributed by atoms with Gasteiger partial charge in [0.2, 0.25) is 11.6 Å². The molecular weight excluding hydrogens is 461 g/mol. The van der Waals surface area contributed by atoms with Crippen LogP contribution in [-0.2, 0) is 4.74 Å². The van der Waals surface area contributed by atoms with Gasteiger partial charge >= 0.3 is 5.95 Å². The number of aryl methyl sites for hydroxylation is 1. The number of aromatic nitrogens is 5. The molecular formula is C25H25FN9O+. The first kappa shape index (κ1) is 23.2.